The topological polar surface area (TPSA) is 91.6 Å². The molecule has 0 radical (unpaired) electrons. The number of likely N-dealkylation sites (tertiary alicyclic amines) is 1. The maximum absolute atomic E-state index is 13.7. The molecule has 1 aromatic heterocycles. The van der Waals surface area contributed by atoms with E-state index in [1.165, 1.54) is 6.07 Å². The number of rotatable bonds is 6. The Kier molecular flexibility index (Phi) is 6.96. The molecule has 2 atom stereocenters. The zero-order valence-electron chi connectivity index (χ0n) is 17.5. The van der Waals surface area contributed by atoms with Crippen molar-refractivity contribution >= 4 is 21.7 Å². The highest BCUT2D eigenvalue weighted by Crippen LogP contribution is 2.27. The number of aryl methyl sites for hydroxylation is 1. The van der Waals surface area contributed by atoms with Crippen LogP contribution in [0.2, 0.25) is 0 Å². The fourth-order valence-electron chi connectivity index (χ4n) is 3.61. The highest BCUT2D eigenvalue weighted by atomic mass is 32.2. The van der Waals surface area contributed by atoms with Crippen LogP contribution >= 0.6 is 0 Å². The number of imidazole rings is 1. The molecule has 0 aliphatic carbocycles. The Morgan fingerprint density at radius 2 is 2.20 bits per heavy atom. The molecule has 1 saturated heterocycles. The molecular formula is C20H29FN6O2S. The minimum absolute atomic E-state index is 0.156. The van der Waals surface area contributed by atoms with Crippen LogP contribution in [0.3, 0.4) is 0 Å². The van der Waals surface area contributed by atoms with Gasteiger partial charge in [-0.3, -0.25) is 9.71 Å². The summed E-state index contributed by atoms with van der Waals surface area (Å²) in [4.78, 5) is 10.6. The summed E-state index contributed by atoms with van der Waals surface area (Å²) in [5, 5.41) is 3.14. The molecule has 2 heterocycles. The predicted molar refractivity (Wildman–Crippen MR) is 117 cm³/mol. The molecule has 0 bridgehead atoms. The fraction of sp³-hybridized carbons (Fsp3) is 0.500. The quantitative estimate of drug-likeness (QED) is 0.535. The summed E-state index contributed by atoms with van der Waals surface area (Å²) in [5.41, 5.74) is 0.684. The van der Waals surface area contributed by atoms with Crippen LogP contribution in [0.4, 0.5) is 10.1 Å². The summed E-state index contributed by atoms with van der Waals surface area (Å²) in [6.45, 7) is 5.66. The number of halogens is 1. The van der Waals surface area contributed by atoms with Crippen molar-refractivity contribution in [3.63, 3.8) is 0 Å². The summed E-state index contributed by atoms with van der Waals surface area (Å²) in [7, 11) is -1.93. The Morgan fingerprint density at radius 3 is 2.87 bits per heavy atom. The number of piperidine rings is 1. The molecule has 1 aromatic carbocycles. The number of nitrogens with zero attached hydrogens (tertiary/aromatic N) is 4. The molecule has 2 unspecified atom stereocenters. The van der Waals surface area contributed by atoms with Crippen LogP contribution in [-0.2, 0) is 10.0 Å². The van der Waals surface area contributed by atoms with Gasteiger partial charge in [0.15, 0.2) is 5.96 Å². The second-order valence-electron chi connectivity index (χ2n) is 7.65. The van der Waals surface area contributed by atoms with Gasteiger partial charge in [-0.15, -0.1) is 0 Å². The molecule has 0 saturated carbocycles. The lowest BCUT2D eigenvalue weighted by atomic mass is 9.93. The standard InChI is InChI=1S/C20H29FN6O2S/c1-15-4-5-17(12-18(15)21)25-30(28,29)11-8-24-20(22-3)26-9-6-16(2)19(13-26)27-10-7-23-14-27/h4-5,7,10,12,14,16,19,25H,6,8-9,11,13H2,1-3H3,(H,22,24). The molecule has 30 heavy (non-hydrogen) atoms. The van der Waals surface area contributed by atoms with Gasteiger partial charge >= 0.3 is 0 Å². The molecule has 1 aliphatic rings. The Balaban J connectivity index is 1.55. The van der Waals surface area contributed by atoms with Gasteiger partial charge in [-0.2, -0.15) is 0 Å². The Bertz CT molecular complexity index is 977. The second kappa shape index (κ2) is 9.46. The smallest absolute Gasteiger partial charge is 0.234 e. The summed E-state index contributed by atoms with van der Waals surface area (Å²) in [6, 6.07) is 4.56. The van der Waals surface area contributed by atoms with Crippen LogP contribution in [0.1, 0.15) is 24.9 Å². The van der Waals surface area contributed by atoms with E-state index in [-0.39, 0.29) is 24.0 Å². The van der Waals surface area contributed by atoms with E-state index < -0.39 is 15.8 Å². The Morgan fingerprint density at radius 1 is 1.40 bits per heavy atom. The Labute approximate surface area is 177 Å². The molecule has 1 aliphatic heterocycles. The van der Waals surface area contributed by atoms with Gasteiger partial charge in [-0.25, -0.2) is 17.8 Å². The zero-order valence-corrected chi connectivity index (χ0v) is 18.4. The maximum atomic E-state index is 13.7. The second-order valence-corrected chi connectivity index (χ2v) is 9.49. The molecule has 8 nitrogen and oxygen atoms in total. The molecule has 2 aromatic rings. The zero-order chi connectivity index (χ0) is 21.7. The van der Waals surface area contributed by atoms with Gasteiger partial charge in [0.2, 0.25) is 10.0 Å². The minimum atomic E-state index is -3.62. The molecule has 1 fully saturated rings. The first-order chi connectivity index (χ1) is 14.3. The number of aliphatic imine (C=N–C) groups is 1. The lowest BCUT2D eigenvalue weighted by Gasteiger charge is -2.39. The van der Waals surface area contributed by atoms with Crippen LogP contribution in [0.15, 0.2) is 41.9 Å². The first-order valence-corrected chi connectivity index (χ1v) is 11.6. The summed E-state index contributed by atoms with van der Waals surface area (Å²) in [6.07, 6.45) is 6.57. The number of anilines is 1. The average molecular weight is 437 g/mol. The van der Waals surface area contributed by atoms with Gasteiger partial charge in [-0.05, 0) is 37.0 Å². The first-order valence-electron chi connectivity index (χ1n) is 9.99. The van der Waals surface area contributed by atoms with Crippen molar-refractivity contribution in [3.8, 4) is 0 Å². The normalized spacial score (nSPS) is 20.3. The third-order valence-electron chi connectivity index (χ3n) is 5.44. The molecule has 0 amide bonds. The van der Waals surface area contributed by atoms with Crippen molar-refractivity contribution in [2.75, 3.05) is 37.2 Å². The van der Waals surface area contributed by atoms with Gasteiger partial charge < -0.3 is 14.8 Å². The number of nitrogens with one attached hydrogen (secondary N) is 2. The summed E-state index contributed by atoms with van der Waals surface area (Å²) >= 11 is 0. The van der Waals surface area contributed by atoms with Crippen molar-refractivity contribution < 1.29 is 12.8 Å². The van der Waals surface area contributed by atoms with E-state index >= 15 is 0 Å². The number of guanidine groups is 1. The fourth-order valence-corrected chi connectivity index (χ4v) is 4.57. The van der Waals surface area contributed by atoms with E-state index in [9.17, 15) is 12.8 Å². The lowest BCUT2D eigenvalue weighted by Crippen LogP contribution is -2.49. The molecule has 2 N–H and O–H groups in total. The molecule has 0 spiro atoms. The van der Waals surface area contributed by atoms with E-state index in [2.05, 4.69) is 36.4 Å². The molecular weight excluding hydrogens is 407 g/mol. The van der Waals surface area contributed by atoms with Crippen LogP contribution in [-0.4, -0.2) is 61.3 Å². The number of hydrogen-bond acceptors (Lipinski definition) is 4. The molecule has 164 valence electrons. The minimum Gasteiger partial charge on any atom is -0.355 e. The van der Waals surface area contributed by atoms with Gasteiger partial charge in [0.05, 0.1) is 23.8 Å². The summed E-state index contributed by atoms with van der Waals surface area (Å²) < 4.78 is 42.9. The van der Waals surface area contributed by atoms with Crippen molar-refractivity contribution in [1.82, 2.24) is 19.8 Å². The van der Waals surface area contributed by atoms with E-state index in [1.54, 1.807) is 32.3 Å². The molecule has 10 heteroatoms. The van der Waals surface area contributed by atoms with E-state index in [4.69, 9.17) is 0 Å². The number of hydrogen-bond donors (Lipinski definition) is 2. The van der Waals surface area contributed by atoms with Crippen LogP contribution in [0.25, 0.3) is 0 Å². The van der Waals surface area contributed by atoms with Gasteiger partial charge in [0.25, 0.3) is 0 Å². The van der Waals surface area contributed by atoms with Crippen molar-refractivity contribution in [3.05, 3.63) is 48.3 Å². The van der Waals surface area contributed by atoms with Crippen LogP contribution < -0.4 is 10.0 Å². The summed E-state index contributed by atoms with van der Waals surface area (Å²) in [5.74, 6) is 0.577. The van der Waals surface area contributed by atoms with Gasteiger partial charge in [0, 0.05) is 39.1 Å². The Hall–Kier alpha value is -2.62. The first kappa shape index (κ1) is 22.1. The van der Waals surface area contributed by atoms with Crippen LogP contribution in [0, 0.1) is 18.7 Å². The third-order valence-corrected chi connectivity index (χ3v) is 6.73. The average Bonchev–Trinajstić information content (AvgIpc) is 3.23. The third kappa shape index (κ3) is 5.50. The highest BCUT2D eigenvalue weighted by Gasteiger charge is 2.29. The SMILES string of the molecule is CN=C(NCCS(=O)(=O)Nc1ccc(C)c(F)c1)N1CCC(C)C(n2ccnc2)C1. The monoisotopic (exact) mass is 436 g/mol. The predicted octanol–water partition coefficient (Wildman–Crippen LogP) is 2.23. The van der Waals surface area contributed by atoms with Crippen LogP contribution in [0.5, 0.6) is 0 Å². The van der Waals surface area contributed by atoms with Gasteiger partial charge in [-0.1, -0.05) is 13.0 Å². The van der Waals surface area contributed by atoms with E-state index in [0.29, 0.717) is 17.4 Å². The van der Waals surface area contributed by atoms with Gasteiger partial charge in [0.1, 0.15) is 5.82 Å². The van der Waals surface area contributed by atoms with E-state index in [1.807, 2.05) is 12.5 Å². The number of sulfonamides is 1. The lowest BCUT2D eigenvalue weighted by molar-refractivity contribution is 0.189. The molecule has 3 rings (SSSR count). The van der Waals surface area contributed by atoms with E-state index in [0.717, 1.165) is 19.5 Å². The maximum Gasteiger partial charge on any atom is 0.234 e. The number of aromatic nitrogens is 2. The van der Waals surface area contributed by atoms with Crippen molar-refractivity contribution in [2.24, 2.45) is 10.9 Å². The van der Waals surface area contributed by atoms with Crippen molar-refractivity contribution in [2.45, 2.75) is 26.3 Å². The van der Waals surface area contributed by atoms with Crippen molar-refractivity contribution in [1.29, 1.82) is 0 Å². The highest BCUT2D eigenvalue weighted by molar-refractivity contribution is 7.92. The number of benzene rings is 1. The largest absolute Gasteiger partial charge is 0.355 e.